The molecular weight excluding hydrogens is 358 g/mol. The highest BCUT2D eigenvalue weighted by Gasteiger charge is 2.39. The number of hydrogen-bond acceptors (Lipinski definition) is 9. The van der Waals surface area contributed by atoms with E-state index in [1.54, 1.807) is 18.2 Å². The molecule has 9 heteroatoms. The van der Waals surface area contributed by atoms with Crippen LogP contribution >= 0.6 is 0 Å². The molecule has 1 atom stereocenters. The first-order chi connectivity index (χ1) is 13.0. The molecule has 2 aliphatic rings. The monoisotopic (exact) mass is 373 g/mol. The van der Waals surface area contributed by atoms with E-state index >= 15 is 0 Å². The fraction of sp³-hybridized carbons (Fsp3) is 0.222. The summed E-state index contributed by atoms with van der Waals surface area (Å²) in [6, 6.07) is 6.12. The maximum absolute atomic E-state index is 12.4. The van der Waals surface area contributed by atoms with Crippen LogP contribution in [0.2, 0.25) is 0 Å². The second kappa shape index (κ2) is 6.36. The Morgan fingerprint density at radius 1 is 1.30 bits per heavy atom. The topological polar surface area (TPSA) is 130 Å². The van der Waals surface area contributed by atoms with Crippen LogP contribution in [0.25, 0.3) is 0 Å². The normalized spacial score (nSPS) is 17.3. The number of nitrogens with two attached hydrogens (primary N) is 1. The molecule has 0 amide bonds. The van der Waals surface area contributed by atoms with Gasteiger partial charge in [-0.15, -0.1) is 0 Å². The molecule has 2 aliphatic heterocycles. The molecule has 0 radical (unpaired) electrons. The maximum atomic E-state index is 12.4. The Balaban J connectivity index is 1.96. The van der Waals surface area contributed by atoms with E-state index in [9.17, 15) is 14.7 Å². The number of aliphatic hydroxyl groups is 1. The van der Waals surface area contributed by atoms with Gasteiger partial charge in [-0.2, -0.15) is 0 Å². The van der Waals surface area contributed by atoms with Gasteiger partial charge < -0.3 is 34.2 Å². The standard InChI is InChI=1S/C18H15NO8/c1-23-18(22)14-13(8-2-3-11-12(4-8)25-7-24-11)16-15(27-17(14)19)10(21)5-9(6-20)26-16/h2-5,13,20H,6-7,19H2,1H3/t13-/m1/s1. The average Bonchev–Trinajstić information content (AvgIpc) is 3.14. The van der Waals surface area contributed by atoms with Crippen molar-refractivity contribution in [2.45, 2.75) is 12.5 Å². The van der Waals surface area contributed by atoms with Crippen LogP contribution in [0.1, 0.15) is 23.0 Å². The number of methoxy groups -OCH3 is 1. The molecule has 27 heavy (non-hydrogen) atoms. The Bertz CT molecular complexity index is 1020. The molecule has 1 aromatic heterocycles. The SMILES string of the molecule is COC(=O)C1=C(N)Oc2c(oc(CO)cc2=O)[C@@H]1c1ccc2c(c1)OCO2. The van der Waals surface area contributed by atoms with E-state index in [1.807, 2.05) is 0 Å². The number of rotatable bonds is 3. The zero-order chi connectivity index (χ0) is 19.1. The summed E-state index contributed by atoms with van der Waals surface area (Å²) < 4.78 is 26.5. The van der Waals surface area contributed by atoms with Gasteiger partial charge in [0.25, 0.3) is 0 Å². The lowest BCUT2D eigenvalue weighted by Crippen LogP contribution is -2.29. The molecule has 3 heterocycles. The minimum absolute atomic E-state index is 0.0257. The van der Waals surface area contributed by atoms with Gasteiger partial charge in [0.2, 0.25) is 23.9 Å². The predicted octanol–water partition coefficient (Wildman–Crippen LogP) is 0.728. The van der Waals surface area contributed by atoms with E-state index in [0.717, 1.165) is 6.07 Å². The molecular formula is C18H15NO8. The number of carbonyl (C=O) groups excluding carboxylic acids is 1. The summed E-state index contributed by atoms with van der Waals surface area (Å²) in [6.07, 6.45) is 0. The number of benzene rings is 1. The quantitative estimate of drug-likeness (QED) is 0.748. The summed E-state index contributed by atoms with van der Waals surface area (Å²) in [6.45, 7) is -0.419. The molecule has 140 valence electrons. The van der Waals surface area contributed by atoms with E-state index in [0.29, 0.717) is 17.1 Å². The fourth-order valence-corrected chi connectivity index (χ4v) is 3.10. The molecule has 0 unspecified atom stereocenters. The number of aliphatic hydroxyl groups excluding tert-OH is 1. The van der Waals surface area contributed by atoms with Crippen LogP contribution < -0.4 is 25.4 Å². The second-order valence-electron chi connectivity index (χ2n) is 5.85. The van der Waals surface area contributed by atoms with Crippen molar-refractivity contribution < 1.29 is 33.3 Å². The van der Waals surface area contributed by atoms with Crippen LogP contribution in [0.3, 0.4) is 0 Å². The number of carbonyl (C=O) groups is 1. The summed E-state index contributed by atoms with van der Waals surface area (Å²) in [4.78, 5) is 24.7. The smallest absolute Gasteiger partial charge is 0.340 e. The summed E-state index contributed by atoms with van der Waals surface area (Å²) in [5.41, 5.74) is 5.91. The van der Waals surface area contributed by atoms with Crippen LogP contribution in [0.4, 0.5) is 0 Å². The third kappa shape index (κ3) is 2.68. The lowest BCUT2D eigenvalue weighted by atomic mass is 9.86. The van der Waals surface area contributed by atoms with E-state index in [-0.39, 0.29) is 35.5 Å². The molecule has 0 fully saturated rings. The van der Waals surface area contributed by atoms with Crippen molar-refractivity contribution in [1.29, 1.82) is 0 Å². The number of ether oxygens (including phenoxy) is 4. The van der Waals surface area contributed by atoms with Crippen LogP contribution in [-0.4, -0.2) is 25.0 Å². The summed E-state index contributed by atoms with van der Waals surface area (Å²) in [5, 5.41) is 9.38. The molecule has 0 bridgehead atoms. The Kier molecular flexibility index (Phi) is 4.00. The van der Waals surface area contributed by atoms with Crippen LogP contribution in [0.15, 0.2) is 44.9 Å². The van der Waals surface area contributed by atoms with Crippen molar-refractivity contribution in [3.8, 4) is 17.2 Å². The summed E-state index contributed by atoms with van der Waals surface area (Å²) >= 11 is 0. The van der Waals surface area contributed by atoms with Crippen molar-refractivity contribution in [2.24, 2.45) is 5.73 Å². The highest BCUT2D eigenvalue weighted by Crippen LogP contribution is 2.44. The largest absolute Gasteiger partial charge is 0.465 e. The Morgan fingerprint density at radius 3 is 2.81 bits per heavy atom. The van der Waals surface area contributed by atoms with Gasteiger partial charge in [-0.1, -0.05) is 6.07 Å². The fourth-order valence-electron chi connectivity index (χ4n) is 3.10. The van der Waals surface area contributed by atoms with Gasteiger partial charge in [0.05, 0.1) is 13.0 Å². The van der Waals surface area contributed by atoms with Gasteiger partial charge >= 0.3 is 5.97 Å². The van der Waals surface area contributed by atoms with Gasteiger partial charge in [0.15, 0.2) is 17.3 Å². The van der Waals surface area contributed by atoms with E-state index in [2.05, 4.69) is 0 Å². The average molecular weight is 373 g/mol. The van der Waals surface area contributed by atoms with Gasteiger partial charge in [-0.3, -0.25) is 4.79 Å². The minimum atomic E-state index is -0.894. The molecule has 3 N–H and O–H groups in total. The van der Waals surface area contributed by atoms with Crippen molar-refractivity contribution in [3.05, 3.63) is 63.0 Å². The Labute approximate surface area is 152 Å². The van der Waals surface area contributed by atoms with Crippen LogP contribution in [-0.2, 0) is 16.1 Å². The minimum Gasteiger partial charge on any atom is -0.465 e. The number of esters is 1. The second-order valence-corrected chi connectivity index (χ2v) is 5.85. The third-order valence-electron chi connectivity index (χ3n) is 4.30. The molecule has 9 nitrogen and oxygen atoms in total. The molecule has 0 saturated carbocycles. The van der Waals surface area contributed by atoms with E-state index in [1.165, 1.54) is 7.11 Å². The van der Waals surface area contributed by atoms with Gasteiger partial charge in [-0.25, -0.2) is 4.79 Å². The highest BCUT2D eigenvalue weighted by atomic mass is 16.7. The maximum Gasteiger partial charge on any atom is 0.340 e. The molecule has 0 aliphatic carbocycles. The third-order valence-corrected chi connectivity index (χ3v) is 4.30. The van der Waals surface area contributed by atoms with E-state index < -0.39 is 23.9 Å². The highest BCUT2D eigenvalue weighted by molar-refractivity contribution is 5.92. The van der Waals surface area contributed by atoms with Crippen LogP contribution in [0.5, 0.6) is 17.2 Å². The lowest BCUT2D eigenvalue weighted by Gasteiger charge is -2.26. The van der Waals surface area contributed by atoms with Gasteiger partial charge in [-0.05, 0) is 17.7 Å². The Hall–Kier alpha value is -3.46. The van der Waals surface area contributed by atoms with Gasteiger partial charge in [0.1, 0.15) is 17.9 Å². The Morgan fingerprint density at radius 2 is 2.07 bits per heavy atom. The first kappa shape index (κ1) is 17.0. The van der Waals surface area contributed by atoms with Crippen molar-refractivity contribution >= 4 is 5.97 Å². The van der Waals surface area contributed by atoms with Crippen LogP contribution in [0, 0.1) is 0 Å². The zero-order valence-corrected chi connectivity index (χ0v) is 14.2. The van der Waals surface area contributed by atoms with E-state index in [4.69, 9.17) is 29.1 Å². The van der Waals surface area contributed by atoms with Crippen molar-refractivity contribution in [1.82, 2.24) is 0 Å². The van der Waals surface area contributed by atoms with Gasteiger partial charge in [0, 0.05) is 6.07 Å². The first-order valence-electron chi connectivity index (χ1n) is 7.96. The molecule has 0 saturated heterocycles. The van der Waals surface area contributed by atoms with Crippen molar-refractivity contribution in [2.75, 3.05) is 13.9 Å². The first-order valence-corrected chi connectivity index (χ1v) is 7.96. The summed E-state index contributed by atoms with van der Waals surface area (Å²) in [7, 11) is 1.20. The lowest BCUT2D eigenvalue weighted by molar-refractivity contribution is -0.136. The number of hydrogen-bond donors (Lipinski definition) is 2. The number of fused-ring (bicyclic) bond motifs is 2. The zero-order valence-electron chi connectivity index (χ0n) is 14.2. The predicted molar refractivity (Wildman–Crippen MR) is 89.2 cm³/mol. The molecule has 2 aromatic rings. The molecule has 0 spiro atoms. The van der Waals surface area contributed by atoms with Crippen molar-refractivity contribution in [3.63, 3.8) is 0 Å². The summed E-state index contributed by atoms with van der Waals surface area (Å²) in [5.74, 6) is -0.955. The molecule has 4 rings (SSSR count). The molecule has 1 aromatic carbocycles.